The third-order valence-corrected chi connectivity index (χ3v) is 5.81. The zero-order valence-electron chi connectivity index (χ0n) is 22.6. The van der Waals surface area contributed by atoms with Gasteiger partial charge in [-0.15, -0.1) is 92.9 Å². The zero-order chi connectivity index (χ0) is 22.6. The van der Waals surface area contributed by atoms with Gasteiger partial charge in [0.2, 0.25) is 0 Å². The number of halogens is 2. The Morgan fingerprint density at radius 3 is 1.18 bits per heavy atom. The van der Waals surface area contributed by atoms with E-state index in [9.17, 15) is 0 Å². The standard InChI is InChI=1S/2C14H17.2CH3.2ClH.Si.Zr/c2*1-9(2)12-6-5-11(4)13-7-10(3)8-14(12)13;;;;;;/h2*5-9H,1-4H3;2*1H3;2*1H;;/q4*-1;;;;. The summed E-state index contributed by atoms with van der Waals surface area (Å²) in [5.74, 6) is 1.22. The Labute approximate surface area is 239 Å². The van der Waals surface area contributed by atoms with Gasteiger partial charge in [-0.05, 0) is 11.8 Å². The predicted molar refractivity (Wildman–Crippen MR) is 159 cm³/mol. The van der Waals surface area contributed by atoms with Crippen LogP contribution in [0.1, 0.15) is 72.9 Å². The molecule has 0 N–H and O–H groups in total. The first-order valence-electron chi connectivity index (χ1n) is 10.8. The minimum atomic E-state index is 0. The Bertz CT molecular complexity index is 1050. The van der Waals surface area contributed by atoms with E-state index in [4.69, 9.17) is 0 Å². The summed E-state index contributed by atoms with van der Waals surface area (Å²) in [5.41, 5.74) is 8.46. The first-order valence-corrected chi connectivity index (χ1v) is 15.0. The number of hydrogen-bond donors (Lipinski definition) is 0. The van der Waals surface area contributed by atoms with Gasteiger partial charge in [-0.25, -0.2) is 0 Å². The normalized spacial score (nSPS) is 9.56. The summed E-state index contributed by atoms with van der Waals surface area (Å²) in [7, 11) is 0. The molecule has 0 aliphatic rings. The topological polar surface area (TPSA) is 0 Å². The summed E-state index contributed by atoms with van der Waals surface area (Å²) < 4.78 is 0. The number of hydrogen-bond acceptors (Lipinski definition) is 0. The summed E-state index contributed by atoms with van der Waals surface area (Å²) in [4.78, 5) is 0. The maximum absolute atomic E-state index is 3.06. The molecule has 0 unspecified atom stereocenters. The molecule has 0 spiro atoms. The zero-order valence-corrected chi connectivity index (χ0v) is 27.7. The van der Waals surface area contributed by atoms with E-state index in [1.165, 1.54) is 78.3 Å². The van der Waals surface area contributed by atoms with E-state index in [1.54, 1.807) is 0 Å². The average molecular weight is 593 g/mol. The molecule has 188 valence electrons. The molecule has 0 bridgehead atoms. The molecule has 0 aliphatic heterocycles. The van der Waals surface area contributed by atoms with Crippen LogP contribution in [0.2, 0.25) is 0 Å². The van der Waals surface area contributed by atoms with Crippen molar-refractivity contribution >= 4 is 53.2 Å². The van der Waals surface area contributed by atoms with Crippen molar-refractivity contribution in [1.29, 1.82) is 0 Å². The van der Waals surface area contributed by atoms with Crippen LogP contribution in [-0.4, -0.2) is 6.88 Å². The molecule has 0 aromatic heterocycles. The van der Waals surface area contributed by atoms with E-state index in [0.29, 0.717) is 11.8 Å². The molecule has 0 heterocycles. The summed E-state index contributed by atoms with van der Waals surface area (Å²) in [5, 5.41) is 5.73. The summed E-state index contributed by atoms with van der Waals surface area (Å²) in [6.07, 6.45) is 0. The van der Waals surface area contributed by atoms with E-state index >= 15 is 0 Å². The molecule has 0 fully saturated rings. The van der Waals surface area contributed by atoms with Gasteiger partial charge in [-0.3, -0.25) is 0 Å². The number of fused-ring (bicyclic) bond motifs is 2. The van der Waals surface area contributed by atoms with Gasteiger partial charge in [0.15, 0.2) is 0 Å². The molecule has 0 nitrogen and oxygen atoms in total. The van der Waals surface area contributed by atoms with Crippen molar-refractivity contribution in [3.8, 4) is 0 Å². The summed E-state index contributed by atoms with van der Waals surface area (Å²) in [6.45, 7) is 20.8. The molecular formula is C30H42Cl2SiZr-4. The van der Waals surface area contributed by atoms with Crippen LogP contribution in [0.15, 0.2) is 48.5 Å². The fourth-order valence-corrected chi connectivity index (χ4v) is 4.23. The van der Waals surface area contributed by atoms with Gasteiger partial charge in [0.05, 0.1) is 0 Å². The van der Waals surface area contributed by atoms with Gasteiger partial charge in [0, 0.05) is 0 Å². The fraction of sp³-hybridized carbons (Fsp3) is 0.333. The van der Waals surface area contributed by atoms with Gasteiger partial charge in [-0.2, -0.15) is 12.1 Å². The quantitative estimate of drug-likeness (QED) is 0.161. The van der Waals surface area contributed by atoms with E-state index in [1.807, 2.05) is 0 Å². The Hall–Kier alpha value is -0.660. The molecule has 0 saturated heterocycles. The second-order valence-electron chi connectivity index (χ2n) is 8.97. The summed E-state index contributed by atoms with van der Waals surface area (Å²) >= 11 is 1.36. The van der Waals surface area contributed by atoms with Crippen molar-refractivity contribution < 1.29 is 23.3 Å². The van der Waals surface area contributed by atoms with Crippen molar-refractivity contribution in [1.82, 2.24) is 0 Å². The van der Waals surface area contributed by atoms with Crippen molar-refractivity contribution in [2.24, 2.45) is 0 Å². The first kappa shape index (κ1) is 37.9. The fourth-order valence-electron chi connectivity index (χ4n) is 4.23. The van der Waals surface area contributed by atoms with Crippen LogP contribution in [0.5, 0.6) is 0 Å². The Balaban J connectivity index is -0.000000475. The van der Waals surface area contributed by atoms with Crippen LogP contribution < -0.4 is 0 Å². The van der Waals surface area contributed by atoms with Crippen molar-refractivity contribution in [3.63, 3.8) is 0 Å². The monoisotopic (exact) mass is 590 g/mol. The van der Waals surface area contributed by atoms with Gasteiger partial charge >= 0.3 is 30.2 Å². The molecule has 4 heteroatoms. The second-order valence-corrected chi connectivity index (χ2v) is 8.97. The van der Waals surface area contributed by atoms with E-state index in [0.717, 1.165) is 0 Å². The van der Waals surface area contributed by atoms with Crippen LogP contribution in [-0.2, 0) is 23.3 Å². The molecule has 0 atom stereocenters. The van der Waals surface area contributed by atoms with E-state index < -0.39 is 0 Å². The molecule has 0 saturated carbocycles. The molecule has 4 aromatic carbocycles. The van der Waals surface area contributed by atoms with Gasteiger partial charge < -0.3 is 14.9 Å². The Morgan fingerprint density at radius 2 is 0.912 bits per heavy atom. The van der Waals surface area contributed by atoms with Crippen LogP contribution in [0.25, 0.3) is 21.5 Å². The summed E-state index contributed by atoms with van der Waals surface area (Å²) in [6, 6.07) is 18.2. The maximum atomic E-state index is 3.06. The molecular weight excluding hydrogens is 551 g/mol. The third kappa shape index (κ3) is 8.77. The van der Waals surface area contributed by atoms with E-state index in [-0.39, 0.29) is 39.7 Å². The van der Waals surface area contributed by atoms with Gasteiger partial charge in [-0.1, -0.05) is 78.6 Å². The van der Waals surface area contributed by atoms with Crippen LogP contribution >= 0.6 is 24.8 Å². The first-order chi connectivity index (χ1) is 14.2. The molecule has 4 rings (SSSR count). The van der Waals surface area contributed by atoms with Gasteiger partial charge in [0.1, 0.15) is 0 Å². The molecule has 34 heavy (non-hydrogen) atoms. The molecule has 0 amide bonds. The van der Waals surface area contributed by atoms with Crippen LogP contribution in [0.3, 0.4) is 0 Å². The molecule has 0 aliphatic carbocycles. The Kier molecular flexibility index (Phi) is 18.8. The Morgan fingerprint density at radius 1 is 0.618 bits per heavy atom. The minimum absolute atomic E-state index is 0. The van der Waals surface area contributed by atoms with Crippen LogP contribution in [0, 0.1) is 42.5 Å². The third-order valence-electron chi connectivity index (χ3n) is 5.81. The molecule has 2 radical (unpaired) electrons. The van der Waals surface area contributed by atoms with E-state index in [2.05, 4.69) is 111 Å². The average Bonchev–Trinajstić information content (AvgIpc) is 3.27. The van der Waals surface area contributed by atoms with Crippen molar-refractivity contribution in [2.45, 2.75) is 67.2 Å². The predicted octanol–water partition coefficient (Wildman–Crippen LogP) is 9.96. The van der Waals surface area contributed by atoms with Crippen molar-refractivity contribution in [2.75, 3.05) is 0 Å². The second kappa shape index (κ2) is 16.9. The van der Waals surface area contributed by atoms with Crippen LogP contribution in [0.4, 0.5) is 0 Å². The number of aryl methyl sites for hydroxylation is 4. The molecule has 4 aromatic rings. The number of benzene rings is 2. The SMILES string of the molecule is Cc1cc2c(C(C)C)ccc(C)c2[cH-]1.Cc1cc2c(C(C)C)ccc(C)c2[cH-]1.Cl.Cl.[CH3-].[CH3-].[Si]=[Zr]. The number of rotatable bonds is 2. The van der Waals surface area contributed by atoms with Crippen molar-refractivity contribution in [3.05, 3.63) is 96.8 Å². The van der Waals surface area contributed by atoms with Gasteiger partial charge in [0.25, 0.3) is 0 Å².